The van der Waals surface area contributed by atoms with Crippen molar-refractivity contribution in [3.63, 3.8) is 0 Å². The Morgan fingerprint density at radius 1 is 1.21 bits per heavy atom. The quantitative estimate of drug-likeness (QED) is 0.765. The molecular formula is C23H28FNO3. The first-order chi connectivity index (χ1) is 13.4. The Kier molecular flexibility index (Phi) is 6.28. The summed E-state index contributed by atoms with van der Waals surface area (Å²) in [5, 5.41) is 13.3. The van der Waals surface area contributed by atoms with E-state index in [1.807, 2.05) is 44.2 Å². The molecule has 0 bridgehead atoms. The van der Waals surface area contributed by atoms with Crippen LogP contribution in [0, 0.1) is 11.7 Å². The molecular weight excluding hydrogens is 357 g/mol. The van der Waals surface area contributed by atoms with Gasteiger partial charge in [0, 0.05) is 13.2 Å². The van der Waals surface area contributed by atoms with Gasteiger partial charge in [-0.15, -0.1) is 0 Å². The van der Waals surface area contributed by atoms with Crippen LogP contribution in [0.15, 0.2) is 54.6 Å². The highest BCUT2D eigenvalue weighted by atomic mass is 19.1. The van der Waals surface area contributed by atoms with Gasteiger partial charge in [0.05, 0.1) is 5.60 Å². The van der Waals surface area contributed by atoms with Crippen molar-refractivity contribution < 1.29 is 19.0 Å². The van der Waals surface area contributed by atoms with E-state index in [1.165, 1.54) is 12.1 Å². The van der Waals surface area contributed by atoms with Crippen LogP contribution in [-0.4, -0.2) is 29.7 Å². The van der Waals surface area contributed by atoms with Gasteiger partial charge in [-0.05, 0) is 55.9 Å². The van der Waals surface area contributed by atoms with E-state index in [0.717, 1.165) is 5.56 Å². The van der Waals surface area contributed by atoms with Crippen LogP contribution in [0.3, 0.4) is 0 Å². The number of benzene rings is 2. The number of hydrogen-bond donors (Lipinski definition) is 2. The lowest BCUT2D eigenvalue weighted by Crippen LogP contribution is -2.58. The highest BCUT2D eigenvalue weighted by molar-refractivity contribution is 5.91. The summed E-state index contributed by atoms with van der Waals surface area (Å²) in [6.07, 6.45) is 1.33. The van der Waals surface area contributed by atoms with Crippen LogP contribution in [0.5, 0.6) is 0 Å². The number of carbonyl (C=O) groups excluding carboxylic acids is 1. The topological polar surface area (TPSA) is 58.6 Å². The van der Waals surface area contributed by atoms with E-state index >= 15 is 0 Å². The van der Waals surface area contributed by atoms with Gasteiger partial charge in [-0.25, -0.2) is 4.39 Å². The summed E-state index contributed by atoms with van der Waals surface area (Å²) in [5.41, 5.74) is 0.218. The van der Waals surface area contributed by atoms with Crippen molar-refractivity contribution in [3.8, 4) is 0 Å². The number of ketones is 1. The molecule has 1 heterocycles. The fraction of sp³-hybridized carbons (Fsp3) is 0.435. The van der Waals surface area contributed by atoms with Gasteiger partial charge in [0.2, 0.25) is 0 Å². The fourth-order valence-electron chi connectivity index (χ4n) is 4.25. The molecule has 1 saturated heterocycles. The zero-order valence-electron chi connectivity index (χ0n) is 16.5. The van der Waals surface area contributed by atoms with Crippen LogP contribution < -0.4 is 5.32 Å². The molecule has 2 unspecified atom stereocenters. The summed E-state index contributed by atoms with van der Waals surface area (Å²) in [5.74, 6) is -0.757. The van der Waals surface area contributed by atoms with Crippen molar-refractivity contribution in [1.29, 1.82) is 0 Å². The number of halogens is 1. The van der Waals surface area contributed by atoms with Gasteiger partial charge in [0.1, 0.15) is 18.0 Å². The first kappa shape index (κ1) is 20.6. The van der Waals surface area contributed by atoms with E-state index < -0.39 is 12.1 Å². The second-order valence-electron chi connectivity index (χ2n) is 8.03. The van der Waals surface area contributed by atoms with Crippen LogP contribution in [-0.2, 0) is 21.6 Å². The highest BCUT2D eigenvalue weighted by Gasteiger charge is 2.49. The molecule has 1 aliphatic heterocycles. The molecule has 2 aromatic carbocycles. The van der Waals surface area contributed by atoms with Gasteiger partial charge in [-0.2, -0.15) is 0 Å². The molecule has 2 atom stereocenters. The summed E-state index contributed by atoms with van der Waals surface area (Å²) in [7, 11) is 0. The normalized spacial score (nSPS) is 21.1. The number of aliphatic hydroxyl groups is 1. The van der Waals surface area contributed by atoms with Gasteiger partial charge in [0.25, 0.3) is 0 Å². The summed E-state index contributed by atoms with van der Waals surface area (Å²) in [6.45, 7) is 4.43. The van der Waals surface area contributed by atoms with E-state index in [4.69, 9.17) is 4.74 Å². The molecule has 0 saturated carbocycles. The Balaban J connectivity index is 2.05. The number of nitrogens with one attached hydrogen (secondary N) is 1. The zero-order chi connectivity index (χ0) is 20.2. The minimum Gasteiger partial charge on any atom is -0.388 e. The van der Waals surface area contributed by atoms with E-state index in [9.17, 15) is 14.3 Å². The Morgan fingerprint density at radius 2 is 1.89 bits per heavy atom. The van der Waals surface area contributed by atoms with Crippen LogP contribution in [0.25, 0.3) is 0 Å². The van der Waals surface area contributed by atoms with Gasteiger partial charge < -0.3 is 9.84 Å². The maximum atomic E-state index is 13.6. The van der Waals surface area contributed by atoms with E-state index in [0.29, 0.717) is 31.6 Å². The molecule has 0 aliphatic carbocycles. The summed E-state index contributed by atoms with van der Waals surface area (Å²) in [4.78, 5) is 13.2. The maximum Gasteiger partial charge on any atom is 0.182 e. The molecule has 2 aromatic rings. The number of rotatable bonds is 7. The Bertz CT molecular complexity index is 791. The van der Waals surface area contributed by atoms with Crippen molar-refractivity contribution in [2.24, 2.45) is 5.92 Å². The van der Waals surface area contributed by atoms with Gasteiger partial charge >= 0.3 is 0 Å². The van der Waals surface area contributed by atoms with Crippen LogP contribution >= 0.6 is 0 Å². The minimum absolute atomic E-state index is 0.0925. The van der Waals surface area contributed by atoms with Crippen molar-refractivity contribution in [3.05, 3.63) is 71.5 Å². The lowest BCUT2D eigenvalue weighted by atomic mass is 9.68. The molecule has 0 amide bonds. The monoisotopic (exact) mass is 385 g/mol. The number of ether oxygens (including phenoxy) is 1. The van der Waals surface area contributed by atoms with Crippen LogP contribution in [0.2, 0.25) is 0 Å². The Hall–Kier alpha value is -2.08. The SMILES string of the molecule is CC1(C)CC(C(NCc2ccccc2)(C(=O)CO)c2ccc(F)cc2)CCO1. The van der Waals surface area contributed by atoms with Crippen LogP contribution in [0.1, 0.15) is 37.8 Å². The summed E-state index contributed by atoms with van der Waals surface area (Å²) < 4.78 is 19.5. The van der Waals surface area contributed by atoms with E-state index in [-0.39, 0.29) is 23.1 Å². The number of carbonyl (C=O) groups is 1. The molecule has 4 nitrogen and oxygen atoms in total. The third-order valence-electron chi connectivity index (χ3n) is 5.61. The molecule has 28 heavy (non-hydrogen) atoms. The lowest BCUT2D eigenvalue weighted by molar-refractivity contribution is -0.138. The highest BCUT2D eigenvalue weighted by Crippen LogP contribution is 2.42. The smallest absolute Gasteiger partial charge is 0.182 e. The Labute approximate surface area is 165 Å². The van der Waals surface area contributed by atoms with Gasteiger partial charge in [-0.3, -0.25) is 10.1 Å². The number of hydrogen-bond acceptors (Lipinski definition) is 4. The van der Waals surface area contributed by atoms with Crippen molar-refractivity contribution in [2.45, 2.75) is 44.4 Å². The average molecular weight is 385 g/mol. The second-order valence-corrected chi connectivity index (χ2v) is 8.03. The molecule has 150 valence electrons. The van der Waals surface area contributed by atoms with Crippen molar-refractivity contribution in [2.75, 3.05) is 13.2 Å². The standard InChI is InChI=1S/C23H28FNO3/c1-22(2)14-19(12-13-28-22)23(21(27)16-26,18-8-10-20(24)11-9-18)25-15-17-6-4-3-5-7-17/h3-11,19,25-26H,12-16H2,1-2H3. The predicted octanol–water partition coefficient (Wildman–Crippen LogP) is 3.58. The molecule has 1 fully saturated rings. The lowest BCUT2D eigenvalue weighted by Gasteiger charge is -2.46. The molecule has 3 rings (SSSR count). The molecule has 1 aliphatic rings. The van der Waals surface area contributed by atoms with Gasteiger partial charge in [0.15, 0.2) is 5.78 Å². The first-order valence-corrected chi connectivity index (χ1v) is 9.70. The largest absolute Gasteiger partial charge is 0.388 e. The Morgan fingerprint density at radius 3 is 2.50 bits per heavy atom. The fourth-order valence-corrected chi connectivity index (χ4v) is 4.25. The average Bonchev–Trinajstić information content (AvgIpc) is 2.69. The molecule has 0 spiro atoms. The molecule has 0 aromatic heterocycles. The first-order valence-electron chi connectivity index (χ1n) is 9.70. The molecule has 5 heteroatoms. The predicted molar refractivity (Wildman–Crippen MR) is 106 cm³/mol. The third-order valence-corrected chi connectivity index (χ3v) is 5.61. The molecule has 2 N–H and O–H groups in total. The van der Waals surface area contributed by atoms with Gasteiger partial charge in [-0.1, -0.05) is 42.5 Å². The number of Topliss-reactive ketones (excluding diaryl/α,β-unsaturated/α-hetero) is 1. The zero-order valence-corrected chi connectivity index (χ0v) is 16.5. The maximum absolute atomic E-state index is 13.6. The summed E-state index contributed by atoms with van der Waals surface area (Å²) >= 11 is 0. The van der Waals surface area contributed by atoms with E-state index in [1.54, 1.807) is 12.1 Å². The third kappa shape index (κ3) is 4.32. The summed E-state index contributed by atoms with van der Waals surface area (Å²) in [6, 6.07) is 15.8. The van der Waals surface area contributed by atoms with Crippen molar-refractivity contribution >= 4 is 5.78 Å². The minimum atomic E-state index is -1.11. The number of aliphatic hydroxyl groups excluding tert-OH is 1. The second kappa shape index (κ2) is 8.52. The van der Waals surface area contributed by atoms with E-state index in [2.05, 4.69) is 5.32 Å². The van der Waals surface area contributed by atoms with Crippen LogP contribution in [0.4, 0.5) is 4.39 Å². The van der Waals surface area contributed by atoms with Crippen molar-refractivity contribution in [1.82, 2.24) is 5.32 Å². The molecule has 0 radical (unpaired) electrons.